The molecule has 0 fully saturated rings. The Labute approximate surface area is 77.3 Å². The normalized spacial score (nSPS) is 10.3. The summed E-state index contributed by atoms with van der Waals surface area (Å²) in [5, 5.41) is 7.20. The second-order valence-electron chi connectivity index (χ2n) is 2.38. The molecule has 0 radical (unpaired) electrons. The van der Waals surface area contributed by atoms with E-state index in [4.69, 9.17) is 11.5 Å². The van der Waals surface area contributed by atoms with Gasteiger partial charge >= 0.3 is 6.03 Å². The van der Waals surface area contributed by atoms with Crippen molar-refractivity contribution in [3.63, 3.8) is 0 Å². The highest BCUT2D eigenvalue weighted by atomic mass is 16.2. The second kappa shape index (κ2) is 2.80. The molecule has 14 heavy (non-hydrogen) atoms. The van der Waals surface area contributed by atoms with Crippen LogP contribution in [0, 0.1) is 0 Å². The first-order valence-corrected chi connectivity index (χ1v) is 3.56. The van der Waals surface area contributed by atoms with Gasteiger partial charge in [0.2, 0.25) is 11.9 Å². The molecular weight excluding hydrogens is 188 g/mol. The number of carbonyl (C=O) groups excluding carboxylic acids is 1. The summed E-state index contributed by atoms with van der Waals surface area (Å²) in [7, 11) is 0. The van der Waals surface area contributed by atoms with Crippen LogP contribution in [0.4, 0.5) is 16.7 Å². The highest BCUT2D eigenvalue weighted by Gasteiger charge is 2.10. The fourth-order valence-corrected chi connectivity index (χ4v) is 0.841. The predicted octanol–water partition coefficient (Wildman–Crippen LogP) is -1.45. The lowest BCUT2D eigenvalue weighted by atomic mass is 10.9. The summed E-state index contributed by atoms with van der Waals surface area (Å²) < 4.78 is 1.87. The van der Waals surface area contributed by atoms with Crippen LogP contribution >= 0.6 is 0 Å². The largest absolute Gasteiger partial charge is 0.372 e. The van der Waals surface area contributed by atoms with E-state index in [0.717, 1.165) is 9.36 Å². The van der Waals surface area contributed by atoms with Gasteiger partial charge in [0, 0.05) is 0 Å². The van der Waals surface area contributed by atoms with Gasteiger partial charge in [-0.05, 0) is 0 Å². The fourth-order valence-electron chi connectivity index (χ4n) is 0.841. The minimum Gasteiger partial charge on any atom is -0.366 e. The number of aromatic nitrogens is 6. The van der Waals surface area contributed by atoms with Crippen LogP contribution in [0.2, 0.25) is 0 Å². The SMILES string of the molecule is Nc1ncn(C(=O)n2cnc(N)n2)n1. The molecule has 2 aromatic rings. The van der Waals surface area contributed by atoms with Crippen LogP contribution in [0.1, 0.15) is 0 Å². The number of nitrogens with two attached hydrogens (primary N) is 2. The molecule has 0 amide bonds. The lowest BCUT2D eigenvalue weighted by Crippen LogP contribution is -2.20. The van der Waals surface area contributed by atoms with Crippen molar-refractivity contribution in [2.24, 2.45) is 0 Å². The van der Waals surface area contributed by atoms with Gasteiger partial charge in [-0.3, -0.25) is 0 Å². The molecule has 0 aliphatic rings. The van der Waals surface area contributed by atoms with E-state index in [2.05, 4.69) is 20.2 Å². The number of nitrogen functional groups attached to an aromatic ring is 2. The van der Waals surface area contributed by atoms with Gasteiger partial charge in [0.25, 0.3) is 0 Å². The monoisotopic (exact) mass is 194 g/mol. The van der Waals surface area contributed by atoms with Gasteiger partial charge in [0.1, 0.15) is 12.7 Å². The lowest BCUT2D eigenvalue weighted by molar-refractivity contribution is 0.238. The van der Waals surface area contributed by atoms with Gasteiger partial charge in [-0.2, -0.15) is 9.36 Å². The van der Waals surface area contributed by atoms with Gasteiger partial charge in [-0.15, -0.1) is 10.2 Å². The van der Waals surface area contributed by atoms with Crippen molar-refractivity contribution in [3.8, 4) is 0 Å². The van der Waals surface area contributed by atoms with Gasteiger partial charge in [-0.25, -0.2) is 14.8 Å². The molecule has 0 bridgehead atoms. The minimum atomic E-state index is -0.557. The zero-order valence-corrected chi connectivity index (χ0v) is 6.90. The molecule has 2 rings (SSSR count). The molecule has 0 atom stereocenters. The van der Waals surface area contributed by atoms with Crippen LogP contribution < -0.4 is 11.5 Å². The topological polar surface area (TPSA) is 131 Å². The Hall–Kier alpha value is -2.45. The van der Waals surface area contributed by atoms with E-state index in [9.17, 15) is 4.79 Å². The molecule has 0 aromatic carbocycles. The molecule has 0 aliphatic heterocycles. The summed E-state index contributed by atoms with van der Waals surface area (Å²) in [5.41, 5.74) is 10.5. The number of carbonyl (C=O) groups is 1. The van der Waals surface area contributed by atoms with Gasteiger partial charge < -0.3 is 11.5 Å². The van der Waals surface area contributed by atoms with Gasteiger partial charge in [0.15, 0.2) is 0 Å². The average molecular weight is 194 g/mol. The summed E-state index contributed by atoms with van der Waals surface area (Å²) >= 11 is 0. The Bertz CT molecular complexity index is 427. The molecule has 9 nitrogen and oxygen atoms in total. The third-order valence-electron chi connectivity index (χ3n) is 1.41. The molecule has 0 saturated carbocycles. The Morgan fingerprint density at radius 3 is 1.79 bits per heavy atom. The number of rotatable bonds is 0. The van der Waals surface area contributed by atoms with Crippen molar-refractivity contribution in [1.82, 2.24) is 29.5 Å². The molecule has 0 spiro atoms. The average Bonchev–Trinajstić information content (AvgIpc) is 2.73. The zero-order chi connectivity index (χ0) is 10.1. The van der Waals surface area contributed by atoms with Crippen LogP contribution in [-0.2, 0) is 0 Å². The van der Waals surface area contributed by atoms with E-state index >= 15 is 0 Å². The first kappa shape index (κ1) is 8.16. The molecule has 2 heterocycles. The third kappa shape index (κ3) is 1.26. The highest BCUT2D eigenvalue weighted by molar-refractivity contribution is 5.77. The van der Waals surface area contributed by atoms with Gasteiger partial charge in [0.05, 0.1) is 0 Å². The number of hydrogen-bond acceptors (Lipinski definition) is 7. The first-order chi connectivity index (χ1) is 6.66. The van der Waals surface area contributed by atoms with E-state index in [0.29, 0.717) is 0 Å². The Kier molecular flexibility index (Phi) is 1.63. The highest BCUT2D eigenvalue weighted by Crippen LogP contribution is 1.94. The Balaban J connectivity index is 2.33. The summed E-state index contributed by atoms with van der Waals surface area (Å²) in [5.74, 6) is 0.0119. The summed E-state index contributed by atoms with van der Waals surface area (Å²) in [6, 6.07) is -0.557. The first-order valence-electron chi connectivity index (χ1n) is 3.56. The Morgan fingerprint density at radius 2 is 1.50 bits per heavy atom. The summed E-state index contributed by atoms with van der Waals surface area (Å²) in [6.45, 7) is 0. The standard InChI is InChI=1S/C5H6N8O/c6-3-8-1-12(10-3)5(14)13-2-9-4(7)11-13/h1-2H,(H2,6,10)(H2,7,11). The predicted molar refractivity (Wildman–Crippen MR) is 45.1 cm³/mol. The van der Waals surface area contributed by atoms with Crippen LogP contribution in [0.15, 0.2) is 12.7 Å². The van der Waals surface area contributed by atoms with Crippen molar-refractivity contribution in [2.45, 2.75) is 0 Å². The van der Waals surface area contributed by atoms with E-state index in [-0.39, 0.29) is 11.9 Å². The van der Waals surface area contributed by atoms with E-state index in [1.807, 2.05) is 0 Å². The van der Waals surface area contributed by atoms with Crippen molar-refractivity contribution < 1.29 is 4.79 Å². The molecule has 4 N–H and O–H groups in total. The summed E-state index contributed by atoms with van der Waals surface area (Å²) in [4.78, 5) is 18.7. The second-order valence-corrected chi connectivity index (χ2v) is 2.38. The van der Waals surface area contributed by atoms with Crippen molar-refractivity contribution in [3.05, 3.63) is 12.7 Å². The van der Waals surface area contributed by atoms with Crippen molar-refractivity contribution in [1.29, 1.82) is 0 Å². The molecule has 0 aliphatic carbocycles. The van der Waals surface area contributed by atoms with Crippen LogP contribution in [0.5, 0.6) is 0 Å². The summed E-state index contributed by atoms with van der Waals surface area (Å²) in [6.07, 6.45) is 2.35. The van der Waals surface area contributed by atoms with Gasteiger partial charge in [-0.1, -0.05) is 0 Å². The maximum Gasteiger partial charge on any atom is 0.372 e. The maximum absolute atomic E-state index is 11.5. The molecular formula is C5H6N8O. The van der Waals surface area contributed by atoms with Crippen LogP contribution in [-0.4, -0.2) is 35.6 Å². The van der Waals surface area contributed by atoms with E-state index in [1.165, 1.54) is 12.7 Å². The molecule has 0 unspecified atom stereocenters. The van der Waals surface area contributed by atoms with Crippen molar-refractivity contribution >= 4 is 17.9 Å². The van der Waals surface area contributed by atoms with E-state index in [1.54, 1.807) is 0 Å². The number of hydrogen-bond donors (Lipinski definition) is 2. The van der Waals surface area contributed by atoms with Crippen molar-refractivity contribution in [2.75, 3.05) is 11.5 Å². The molecule has 0 saturated heterocycles. The number of nitrogens with zero attached hydrogens (tertiary/aromatic N) is 6. The molecule has 2 aromatic heterocycles. The third-order valence-corrected chi connectivity index (χ3v) is 1.41. The number of anilines is 2. The zero-order valence-electron chi connectivity index (χ0n) is 6.90. The Morgan fingerprint density at radius 1 is 1.07 bits per heavy atom. The van der Waals surface area contributed by atoms with E-state index < -0.39 is 6.03 Å². The fraction of sp³-hybridized carbons (Fsp3) is 0. The molecule has 72 valence electrons. The lowest BCUT2D eigenvalue weighted by Gasteiger charge is -1.95. The maximum atomic E-state index is 11.5. The van der Waals surface area contributed by atoms with Crippen LogP contribution in [0.3, 0.4) is 0 Å². The minimum absolute atomic E-state index is 0.00596. The smallest absolute Gasteiger partial charge is 0.366 e. The quantitative estimate of drug-likeness (QED) is 0.524. The molecule has 9 heteroatoms. The van der Waals surface area contributed by atoms with Crippen LogP contribution in [0.25, 0.3) is 0 Å².